The molecule has 0 aliphatic carbocycles. The smallest absolute Gasteiger partial charge is 0.119 e. The molecule has 1 atom stereocenters. The summed E-state index contributed by atoms with van der Waals surface area (Å²) in [6.07, 6.45) is 5.11. The Balaban J connectivity index is 2.25. The van der Waals surface area contributed by atoms with Crippen molar-refractivity contribution in [3.63, 3.8) is 0 Å². The van der Waals surface area contributed by atoms with Crippen LogP contribution in [0.25, 0.3) is 0 Å². The van der Waals surface area contributed by atoms with E-state index in [1.165, 1.54) is 31.2 Å². The summed E-state index contributed by atoms with van der Waals surface area (Å²) in [5, 5.41) is 3.52. The topological polar surface area (TPSA) is 21.3 Å². The fraction of sp³-hybridized carbons (Fsp3) is 0.600. The minimum absolute atomic E-state index is 0.338. The van der Waals surface area contributed by atoms with Gasteiger partial charge in [0, 0.05) is 12.0 Å². The maximum Gasteiger partial charge on any atom is 0.119 e. The molecule has 0 amide bonds. The number of ether oxygens (including phenoxy) is 1. The number of hydrogen-bond acceptors (Lipinski definition) is 2. The first kappa shape index (κ1) is 12.4. The van der Waals surface area contributed by atoms with Crippen molar-refractivity contribution in [2.45, 2.75) is 38.0 Å². The molecule has 0 radical (unpaired) electrons. The van der Waals surface area contributed by atoms with Crippen molar-refractivity contribution in [1.29, 1.82) is 0 Å². The van der Waals surface area contributed by atoms with E-state index in [9.17, 15) is 0 Å². The molecule has 0 spiro atoms. The summed E-state index contributed by atoms with van der Waals surface area (Å²) >= 11 is 0. The Kier molecular flexibility index (Phi) is 4.06. The van der Waals surface area contributed by atoms with Crippen molar-refractivity contribution < 1.29 is 4.74 Å². The highest BCUT2D eigenvalue weighted by Gasteiger charge is 2.34. The number of rotatable bonds is 5. The van der Waals surface area contributed by atoms with Gasteiger partial charge in [0.25, 0.3) is 0 Å². The summed E-state index contributed by atoms with van der Waals surface area (Å²) in [6.45, 7) is 4.52. The largest absolute Gasteiger partial charge is 0.497 e. The fourth-order valence-electron chi connectivity index (χ4n) is 2.82. The lowest BCUT2D eigenvalue weighted by atomic mass is 9.75. The van der Waals surface area contributed by atoms with Crippen LogP contribution in [0.1, 0.15) is 38.2 Å². The van der Waals surface area contributed by atoms with E-state index in [0.717, 1.165) is 18.8 Å². The van der Waals surface area contributed by atoms with E-state index in [0.29, 0.717) is 5.41 Å². The summed E-state index contributed by atoms with van der Waals surface area (Å²) in [5.74, 6) is 0.977. The fourth-order valence-corrected chi connectivity index (χ4v) is 2.82. The third-order valence-electron chi connectivity index (χ3n) is 3.93. The molecule has 1 heterocycles. The molecule has 2 heteroatoms. The number of nitrogens with one attached hydrogen (secondary N) is 1. The molecule has 1 aromatic carbocycles. The molecule has 0 bridgehead atoms. The Morgan fingerprint density at radius 3 is 2.94 bits per heavy atom. The van der Waals surface area contributed by atoms with Crippen LogP contribution in [0.5, 0.6) is 5.75 Å². The minimum Gasteiger partial charge on any atom is -0.497 e. The molecule has 17 heavy (non-hydrogen) atoms. The summed E-state index contributed by atoms with van der Waals surface area (Å²) in [4.78, 5) is 0. The van der Waals surface area contributed by atoms with Gasteiger partial charge in [0.1, 0.15) is 5.75 Å². The van der Waals surface area contributed by atoms with E-state index in [1.807, 2.05) is 6.07 Å². The van der Waals surface area contributed by atoms with Crippen LogP contribution in [0.3, 0.4) is 0 Å². The predicted molar refractivity (Wildman–Crippen MR) is 71.7 cm³/mol. The molecule has 0 unspecified atom stereocenters. The first-order valence-electron chi connectivity index (χ1n) is 6.66. The van der Waals surface area contributed by atoms with Crippen LogP contribution in [0.4, 0.5) is 0 Å². The van der Waals surface area contributed by atoms with Crippen LogP contribution >= 0.6 is 0 Å². The molecule has 1 aliphatic rings. The lowest BCUT2D eigenvalue weighted by Gasteiger charge is -2.29. The average molecular weight is 233 g/mol. The quantitative estimate of drug-likeness (QED) is 0.843. The molecule has 1 saturated heterocycles. The molecular formula is C15H23NO. The zero-order valence-corrected chi connectivity index (χ0v) is 11.0. The Labute approximate surface area is 104 Å². The average Bonchev–Trinajstić information content (AvgIpc) is 2.86. The molecule has 94 valence electrons. The van der Waals surface area contributed by atoms with E-state index in [1.54, 1.807) is 7.11 Å². The van der Waals surface area contributed by atoms with Gasteiger partial charge < -0.3 is 10.1 Å². The summed E-state index contributed by atoms with van der Waals surface area (Å²) in [6, 6.07) is 8.60. The highest BCUT2D eigenvalue weighted by molar-refractivity contribution is 5.35. The highest BCUT2D eigenvalue weighted by atomic mass is 16.5. The molecule has 0 aromatic heterocycles. The van der Waals surface area contributed by atoms with E-state index < -0.39 is 0 Å². The summed E-state index contributed by atoms with van der Waals surface area (Å²) in [7, 11) is 1.74. The van der Waals surface area contributed by atoms with Crippen LogP contribution in [0, 0.1) is 0 Å². The monoisotopic (exact) mass is 233 g/mol. The van der Waals surface area contributed by atoms with E-state index >= 15 is 0 Å². The van der Waals surface area contributed by atoms with Crippen LogP contribution in [0.15, 0.2) is 24.3 Å². The molecule has 1 N–H and O–H groups in total. The van der Waals surface area contributed by atoms with E-state index in [2.05, 4.69) is 30.4 Å². The zero-order chi connectivity index (χ0) is 12.1. The maximum absolute atomic E-state index is 5.34. The SMILES string of the molecule is CCCC[C@]1(c2cccc(OC)c2)CCNC1. The first-order valence-corrected chi connectivity index (χ1v) is 6.66. The van der Waals surface area contributed by atoms with Gasteiger partial charge in [0.05, 0.1) is 7.11 Å². The van der Waals surface area contributed by atoms with Gasteiger partial charge in [-0.25, -0.2) is 0 Å². The van der Waals surface area contributed by atoms with Gasteiger partial charge >= 0.3 is 0 Å². The molecule has 2 rings (SSSR count). The van der Waals surface area contributed by atoms with Gasteiger partial charge in [-0.1, -0.05) is 31.9 Å². The van der Waals surface area contributed by atoms with Crippen molar-refractivity contribution in [1.82, 2.24) is 5.32 Å². The molecule has 1 aromatic rings. The molecule has 0 saturated carbocycles. The maximum atomic E-state index is 5.34. The number of hydrogen-bond donors (Lipinski definition) is 1. The summed E-state index contributed by atoms with van der Waals surface area (Å²) in [5.41, 5.74) is 1.78. The highest BCUT2D eigenvalue weighted by Crippen LogP contribution is 2.37. The molecule has 2 nitrogen and oxygen atoms in total. The number of methoxy groups -OCH3 is 1. The molecule has 1 fully saturated rings. The Hall–Kier alpha value is -1.02. The van der Waals surface area contributed by atoms with Crippen molar-refractivity contribution in [2.75, 3.05) is 20.2 Å². The lowest BCUT2D eigenvalue weighted by molar-refractivity contribution is 0.398. The summed E-state index contributed by atoms with van der Waals surface area (Å²) < 4.78 is 5.34. The van der Waals surface area contributed by atoms with Gasteiger partial charge in [-0.2, -0.15) is 0 Å². The van der Waals surface area contributed by atoms with E-state index in [-0.39, 0.29) is 0 Å². The van der Waals surface area contributed by atoms with Crippen molar-refractivity contribution in [3.05, 3.63) is 29.8 Å². The van der Waals surface area contributed by atoms with Gasteiger partial charge in [0.15, 0.2) is 0 Å². The van der Waals surface area contributed by atoms with Crippen molar-refractivity contribution in [2.24, 2.45) is 0 Å². The first-order chi connectivity index (χ1) is 8.30. The minimum atomic E-state index is 0.338. The molecule has 1 aliphatic heterocycles. The van der Waals surface area contributed by atoms with Crippen molar-refractivity contribution >= 4 is 0 Å². The van der Waals surface area contributed by atoms with Gasteiger partial charge in [0.2, 0.25) is 0 Å². The second kappa shape index (κ2) is 5.54. The third-order valence-corrected chi connectivity index (χ3v) is 3.93. The standard InChI is InChI=1S/C15H23NO/c1-3-4-8-15(9-10-16-12-15)13-6-5-7-14(11-13)17-2/h5-7,11,16H,3-4,8-10,12H2,1-2H3/t15-/m0/s1. The number of benzene rings is 1. The Bertz CT molecular complexity index is 356. The zero-order valence-electron chi connectivity index (χ0n) is 11.0. The van der Waals surface area contributed by atoms with Crippen LogP contribution in [0.2, 0.25) is 0 Å². The normalized spacial score (nSPS) is 23.9. The predicted octanol–water partition coefficient (Wildman–Crippen LogP) is 3.12. The van der Waals surface area contributed by atoms with Gasteiger partial charge in [-0.15, -0.1) is 0 Å². The second-order valence-corrected chi connectivity index (χ2v) is 5.04. The Morgan fingerprint density at radius 2 is 2.29 bits per heavy atom. The second-order valence-electron chi connectivity index (χ2n) is 5.04. The van der Waals surface area contributed by atoms with Crippen LogP contribution in [-0.2, 0) is 5.41 Å². The lowest BCUT2D eigenvalue weighted by Crippen LogP contribution is -2.28. The van der Waals surface area contributed by atoms with Crippen LogP contribution in [-0.4, -0.2) is 20.2 Å². The molecular weight excluding hydrogens is 210 g/mol. The van der Waals surface area contributed by atoms with Gasteiger partial charge in [-0.3, -0.25) is 0 Å². The van der Waals surface area contributed by atoms with Crippen LogP contribution < -0.4 is 10.1 Å². The van der Waals surface area contributed by atoms with Crippen molar-refractivity contribution in [3.8, 4) is 5.75 Å². The number of unbranched alkanes of at least 4 members (excludes halogenated alkanes) is 1. The Morgan fingerprint density at radius 1 is 1.41 bits per heavy atom. The van der Waals surface area contributed by atoms with E-state index in [4.69, 9.17) is 4.74 Å². The third kappa shape index (κ3) is 2.63. The van der Waals surface area contributed by atoms with Gasteiger partial charge in [-0.05, 0) is 37.1 Å².